The highest BCUT2D eigenvalue weighted by molar-refractivity contribution is 7.89. The Morgan fingerprint density at radius 3 is 2.16 bits per heavy atom. The van der Waals surface area contributed by atoms with Gasteiger partial charge >= 0.3 is 5.97 Å². The maximum Gasteiger partial charge on any atom is 0.339 e. The molecule has 2 fully saturated rings. The molecule has 2 heterocycles. The van der Waals surface area contributed by atoms with Crippen LogP contribution in [0.1, 0.15) is 71.8 Å². The fourth-order valence-electron chi connectivity index (χ4n) is 5.53. The molecule has 15 heteroatoms. The zero-order valence-electron chi connectivity index (χ0n) is 23.4. The molecule has 0 unspecified atom stereocenters. The van der Waals surface area contributed by atoms with E-state index in [9.17, 15) is 45.8 Å². The number of aromatic nitrogens is 2. The van der Waals surface area contributed by atoms with E-state index >= 15 is 0 Å². The van der Waals surface area contributed by atoms with Gasteiger partial charge in [0.1, 0.15) is 17.4 Å². The van der Waals surface area contributed by atoms with Gasteiger partial charge in [0, 0.05) is 36.0 Å². The Morgan fingerprint density at radius 2 is 1.64 bits per heavy atom. The van der Waals surface area contributed by atoms with Crippen LogP contribution >= 0.6 is 0 Å². The average molecular weight is 637 g/mol. The van der Waals surface area contributed by atoms with Crippen LogP contribution < -0.4 is 4.90 Å². The molecule has 10 nitrogen and oxygen atoms in total. The van der Waals surface area contributed by atoms with Crippen LogP contribution in [0.15, 0.2) is 35.5 Å². The number of nitrogens with zero attached hydrogens (tertiary/aromatic N) is 4. The highest BCUT2D eigenvalue weighted by Gasteiger charge is 2.48. The number of anilines is 1. The van der Waals surface area contributed by atoms with E-state index in [4.69, 9.17) is 0 Å². The van der Waals surface area contributed by atoms with E-state index < -0.39 is 73.0 Å². The molecule has 1 amide bonds. The van der Waals surface area contributed by atoms with Gasteiger partial charge in [0.05, 0.1) is 24.1 Å². The van der Waals surface area contributed by atoms with Gasteiger partial charge in [-0.1, -0.05) is 19.3 Å². The van der Waals surface area contributed by atoms with Gasteiger partial charge in [0.25, 0.3) is 0 Å². The molecular formula is C29H28F4N4O6S. The number of phenols is 1. The Hall–Kier alpha value is -4.11. The summed E-state index contributed by atoms with van der Waals surface area (Å²) >= 11 is 0. The standard InChI is InChI=1S/C29H28F4N4O6S/c1-15-23(30)25(32)27(26(33)24(15)31)44(42,43)37-10-9-21(37)28(39)36(18-7-8-19(29(40)41)22(38)11-18)14-17-12-35-20(13-34-17)16-5-3-2-4-6-16/h7-8,11-13,16,21,38H,2-6,9-10,14H2,1H3,(H,40,41)/t21-/m1/s1. The van der Waals surface area contributed by atoms with Gasteiger partial charge in [-0.2, -0.15) is 4.31 Å². The lowest BCUT2D eigenvalue weighted by atomic mass is 9.87. The molecule has 1 saturated heterocycles. The average Bonchev–Trinajstić information content (AvgIpc) is 2.97. The first-order chi connectivity index (χ1) is 20.8. The number of hydrogen-bond acceptors (Lipinski definition) is 7. The van der Waals surface area contributed by atoms with E-state index in [1.54, 1.807) is 6.20 Å². The van der Waals surface area contributed by atoms with Crippen LogP contribution in [-0.4, -0.2) is 57.4 Å². The van der Waals surface area contributed by atoms with Crippen LogP contribution in [-0.2, 0) is 21.4 Å². The molecule has 0 bridgehead atoms. The first-order valence-corrected chi connectivity index (χ1v) is 15.3. The zero-order chi connectivity index (χ0) is 31.9. The van der Waals surface area contributed by atoms with Gasteiger partial charge in [-0.3, -0.25) is 14.8 Å². The predicted molar refractivity (Wildman–Crippen MR) is 147 cm³/mol. The summed E-state index contributed by atoms with van der Waals surface area (Å²) in [7, 11) is -5.25. The minimum absolute atomic E-state index is 0.0373. The van der Waals surface area contributed by atoms with Crippen molar-refractivity contribution in [1.29, 1.82) is 0 Å². The number of carboxylic acids is 1. The molecule has 1 aliphatic carbocycles. The normalized spacial score (nSPS) is 17.7. The van der Waals surface area contributed by atoms with Gasteiger partial charge in [-0.25, -0.2) is 30.8 Å². The number of carbonyl (C=O) groups excluding carboxylic acids is 1. The molecule has 1 saturated carbocycles. The number of sulfonamides is 1. The Morgan fingerprint density at radius 1 is 0.977 bits per heavy atom. The Balaban J connectivity index is 1.49. The van der Waals surface area contributed by atoms with E-state index in [0.717, 1.165) is 61.8 Å². The summed E-state index contributed by atoms with van der Waals surface area (Å²) in [6.07, 6.45) is 8.16. The molecule has 0 radical (unpaired) electrons. The minimum Gasteiger partial charge on any atom is -0.507 e. The summed E-state index contributed by atoms with van der Waals surface area (Å²) in [5.41, 5.74) is -0.479. The van der Waals surface area contributed by atoms with Crippen molar-refractivity contribution >= 4 is 27.6 Å². The van der Waals surface area contributed by atoms with E-state index in [-0.39, 0.29) is 36.8 Å². The first-order valence-electron chi connectivity index (χ1n) is 13.9. The molecule has 44 heavy (non-hydrogen) atoms. The van der Waals surface area contributed by atoms with Crippen molar-refractivity contribution in [3.63, 3.8) is 0 Å². The maximum absolute atomic E-state index is 14.7. The van der Waals surface area contributed by atoms with Gasteiger partial charge < -0.3 is 15.1 Å². The molecular weight excluding hydrogens is 608 g/mol. The van der Waals surface area contributed by atoms with Gasteiger partial charge in [0.15, 0.2) is 28.2 Å². The zero-order valence-corrected chi connectivity index (χ0v) is 24.3. The lowest BCUT2D eigenvalue weighted by Gasteiger charge is -2.41. The lowest BCUT2D eigenvalue weighted by Crippen LogP contribution is -2.59. The third kappa shape index (κ3) is 5.61. The molecule has 1 aliphatic heterocycles. The molecule has 2 N–H and O–H groups in total. The maximum atomic E-state index is 14.7. The van der Waals surface area contributed by atoms with Crippen molar-refractivity contribution in [2.45, 2.75) is 68.8 Å². The number of hydrogen-bond donors (Lipinski definition) is 2. The van der Waals surface area contributed by atoms with E-state index in [2.05, 4.69) is 9.97 Å². The number of halogens is 4. The smallest absolute Gasteiger partial charge is 0.339 e. The van der Waals surface area contributed by atoms with Crippen LogP contribution in [0.25, 0.3) is 0 Å². The Kier molecular flexibility index (Phi) is 8.62. The number of carbonyl (C=O) groups is 2. The second-order valence-electron chi connectivity index (χ2n) is 10.8. The van der Waals surface area contributed by atoms with Crippen molar-refractivity contribution < 1.29 is 45.8 Å². The second kappa shape index (κ2) is 12.1. The molecule has 3 aromatic rings. The summed E-state index contributed by atoms with van der Waals surface area (Å²) in [4.78, 5) is 33.3. The third-order valence-corrected chi connectivity index (χ3v) is 10.1. The van der Waals surface area contributed by atoms with E-state index in [1.807, 2.05) is 0 Å². The highest BCUT2D eigenvalue weighted by atomic mass is 32.2. The quantitative estimate of drug-likeness (QED) is 0.266. The molecule has 1 atom stereocenters. The van der Waals surface area contributed by atoms with E-state index in [0.29, 0.717) is 4.31 Å². The number of aromatic hydroxyl groups is 1. The monoisotopic (exact) mass is 636 g/mol. The largest absolute Gasteiger partial charge is 0.507 e. The van der Waals surface area contributed by atoms with E-state index in [1.165, 1.54) is 12.3 Å². The Bertz CT molecular complexity index is 1700. The van der Waals surface area contributed by atoms with Crippen LogP contribution in [0.3, 0.4) is 0 Å². The summed E-state index contributed by atoms with van der Waals surface area (Å²) in [5.74, 6) is -10.8. The molecule has 234 valence electrons. The van der Waals surface area contributed by atoms with Crippen molar-refractivity contribution in [2.24, 2.45) is 0 Å². The minimum atomic E-state index is -5.25. The molecule has 2 aliphatic rings. The van der Waals surface area contributed by atoms with Gasteiger partial charge in [-0.05, 0) is 38.3 Å². The fraction of sp³-hybridized carbons (Fsp3) is 0.379. The van der Waals surface area contributed by atoms with Crippen LogP contribution in [0.2, 0.25) is 0 Å². The lowest BCUT2D eigenvalue weighted by molar-refractivity contribution is -0.125. The number of amides is 1. The van der Waals surface area contributed by atoms with Crippen LogP contribution in [0.5, 0.6) is 5.75 Å². The fourth-order valence-corrected chi connectivity index (χ4v) is 7.27. The second-order valence-corrected chi connectivity index (χ2v) is 12.7. The SMILES string of the molecule is Cc1c(F)c(F)c(S(=O)(=O)N2CC[C@@H]2C(=O)N(Cc2cnc(C3CCCCC3)cn2)c2ccc(C(=O)O)c(O)c2)c(F)c1F. The van der Waals surface area contributed by atoms with Crippen LogP contribution in [0.4, 0.5) is 23.2 Å². The number of rotatable bonds is 8. The highest BCUT2D eigenvalue weighted by Crippen LogP contribution is 2.36. The molecule has 1 aromatic heterocycles. The predicted octanol–water partition coefficient (Wildman–Crippen LogP) is 4.79. The first kappa shape index (κ1) is 31.3. The van der Waals surface area contributed by atoms with Gasteiger partial charge in [-0.15, -0.1) is 0 Å². The summed E-state index contributed by atoms with van der Waals surface area (Å²) in [5, 5.41) is 19.6. The van der Waals surface area contributed by atoms with Crippen molar-refractivity contribution in [3.05, 3.63) is 76.4 Å². The van der Waals surface area contributed by atoms with Crippen LogP contribution in [0, 0.1) is 30.2 Å². The summed E-state index contributed by atoms with van der Waals surface area (Å²) < 4.78 is 84.9. The summed E-state index contributed by atoms with van der Waals surface area (Å²) in [6.45, 7) is 0.0574. The van der Waals surface area contributed by atoms with Crippen molar-refractivity contribution in [3.8, 4) is 5.75 Å². The summed E-state index contributed by atoms with van der Waals surface area (Å²) in [6, 6.07) is 1.70. The Labute approximate surface area is 250 Å². The van der Waals surface area contributed by atoms with Crippen molar-refractivity contribution in [1.82, 2.24) is 14.3 Å². The molecule has 5 rings (SSSR count). The third-order valence-electron chi connectivity index (χ3n) is 8.12. The number of aromatic carboxylic acids is 1. The molecule has 0 spiro atoms. The van der Waals surface area contributed by atoms with Crippen molar-refractivity contribution in [2.75, 3.05) is 11.4 Å². The number of carboxylic acid groups (broad SMARTS) is 1. The topological polar surface area (TPSA) is 141 Å². The molecule has 2 aromatic carbocycles. The number of benzene rings is 2. The van der Waals surface area contributed by atoms with Gasteiger partial charge in [0.2, 0.25) is 15.9 Å².